The summed E-state index contributed by atoms with van der Waals surface area (Å²) in [6.07, 6.45) is 7.21. The van der Waals surface area contributed by atoms with Crippen LogP contribution in [0.2, 0.25) is 23.6 Å². The first-order valence-electron chi connectivity index (χ1n) is 10.8. The van der Waals surface area contributed by atoms with Crippen molar-refractivity contribution < 1.29 is 15.8 Å². The van der Waals surface area contributed by atoms with Crippen molar-refractivity contribution >= 4 is 16.1 Å². The molecule has 0 aromatic heterocycles. The molecular weight excluding hydrogens is 388 g/mol. The number of fused-ring (bicyclic) bond motifs is 3. The van der Waals surface area contributed by atoms with E-state index in [-0.39, 0.29) is 5.41 Å². The number of allylic oxidation sites excluding steroid dienone is 4. The second-order valence-corrected chi connectivity index (χ2v) is 30.3. The monoisotopic (exact) mass is 422 g/mol. The maximum absolute atomic E-state index is 2.69. The second-order valence-electron chi connectivity index (χ2n) is 10.5. The molecule has 0 spiro atoms. The summed E-state index contributed by atoms with van der Waals surface area (Å²) in [5, 5.41) is 5.37. The summed E-state index contributed by atoms with van der Waals surface area (Å²) in [6, 6.07) is 14.0. The van der Waals surface area contributed by atoms with Crippen molar-refractivity contribution in [3.8, 4) is 11.1 Å². The van der Waals surface area contributed by atoms with E-state index in [9.17, 15) is 0 Å². The van der Waals surface area contributed by atoms with Gasteiger partial charge in [0.05, 0.1) is 0 Å². The number of benzene rings is 2. The number of hydrogen-bond acceptors (Lipinski definition) is 0. The Kier molecular flexibility index (Phi) is 5.01. The Balaban J connectivity index is 1.92. The average Bonchev–Trinajstić information content (AvgIpc) is 3.25. The van der Waals surface area contributed by atoms with Crippen LogP contribution in [-0.2, 0) is 22.3 Å². The Hall–Kier alpha value is -1.15. The molecule has 0 bridgehead atoms. The van der Waals surface area contributed by atoms with Crippen LogP contribution in [0.4, 0.5) is 0 Å². The zero-order valence-electron chi connectivity index (χ0n) is 18.6. The van der Waals surface area contributed by atoms with E-state index in [2.05, 4.69) is 92.9 Å². The van der Waals surface area contributed by atoms with Crippen LogP contribution in [0.1, 0.15) is 43.9 Å². The molecule has 4 rings (SSSR count). The van der Waals surface area contributed by atoms with Crippen LogP contribution < -0.4 is 3.87 Å². The van der Waals surface area contributed by atoms with E-state index in [1.54, 1.807) is 16.7 Å². The first-order valence-corrected chi connectivity index (χ1v) is 20.3. The van der Waals surface area contributed by atoms with E-state index in [4.69, 9.17) is 0 Å². The zero-order valence-corrected chi connectivity index (χ0v) is 21.3. The van der Waals surface area contributed by atoms with Gasteiger partial charge in [0.1, 0.15) is 0 Å². The summed E-state index contributed by atoms with van der Waals surface area (Å²) >= 11 is -2.06. The maximum atomic E-state index is 2.69. The fourth-order valence-electron chi connectivity index (χ4n) is 4.74. The van der Waals surface area contributed by atoms with Gasteiger partial charge in [-0.15, -0.1) is 0 Å². The fraction of sp³-hybridized carbons (Fsp3) is 0.385. The third-order valence-electron chi connectivity index (χ3n) is 7.16. The molecule has 0 heterocycles. The molecule has 146 valence electrons. The SMILES string of the molecule is C[SiH](C)[Ti]([CH3])([CH3])[c]1c(C2=CC(C(C)(C)C)=CC2)ccc2c1Cc1ccccc1-2. The van der Waals surface area contributed by atoms with Crippen molar-refractivity contribution in [1.29, 1.82) is 0 Å². The van der Waals surface area contributed by atoms with Crippen LogP contribution in [0.15, 0.2) is 54.1 Å². The topological polar surface area (TPSA) is 0 Å². The Morgan fingerprint density at radius 2 is 1.57 bits per heavy atom. The molecule has 0 amide bonds. The number of hydrogen-bond donors (Lipinski definition) is 0. The third kappa shape index (κ3) is 3.26. The van der Waals surface area contributed by atoms with Gasteiger partial charge in [0.15, 0.2) is 0 Å². The predicted molar refractivity (Wildman–Crippen MR) is 125 cm³/mol. The fourth-order valence-corrected chi connectivity index (χ4v) is 12.4. The van der Waals surface area contributed by atoms with E-state index in [1.165, 1.54) is 22.3 Å². The van der Waals surface area contributed by atoms with E-state index in [0.29, 0.717) is 0 Å². The molecule has 0 atom stereocenters. The predicted octanol–water partition coefficient (Wildman–Crippen LogP) is 6.88. The zero-order chi connectivity index (χ0) is 20.3. The summed E-state index contributed by atoms with van der Waals surface area (Å²) in [6.45, 7) is 11.5. The summed E-state index contributed by atoms with van der Waals surface area (Å²) < 4.78 is 1.82. The summed E-state index contributed by atoms with van der Waals surface area (Å²) in [5.41, 5.74) is 11.1. The molecule has 0 nitrogen and oxygen atoms in total. The van der Waals surface area contributed by atoms with Gasteiger partial charge in [-0.1, -0.05) is 0 Å². The van der Waals surface area contributed by atoms with Gasteiger partial charge in [0, 0.05) is 0 Å². The van der Waals surface area contributed by atoms with Crippen molar-refractivity contribution in [1.82, 2.24) is 0 Å². The van der Waals surface area contributed by atoms with Gasteiger partial charge in [-0.25, -0.2) is 0 Å². The molecule has 2 aromatic carbocycles. The molecule has 0 N–H and O–H groups in total. The summed E-state index contributed by atoms with van der Waals surface area (Å²) in [4.78, 5) is 0. The summed E-state index contributed by atoms with van der Waals surface area (Å²) in [5.74, 6) is 0. The molecule has 2 aromatic rings. The number of rotatable bonds is 3. The minimum absolute atomic E-state index is 0.235. The molecule has 2 heteroatoms. The van der Waals surface area contributed by atoms with Crippen LogP contribution in [0, 0.1) is 5.41 Å². The van der Waals surface area contributed by atoms with Gasteiger partial charge < -0.3 is 0 Å². The van der Waals surface area contributed by atoms with Gasteiger partial charge in [0.2, 0.25) is 0 Å². The van der Waals surface area contributed by atoms with Crippen molar-refractivity contribution in [2.24, 2.45) is 5.41 Å². The van der Waals surface area contributed by atoms with Crippen molar-refractivity contribution in [2.75, 3.05) is 0 Å². The Labute approximate surface area is 175 Å². The molecule has 0 fully saturated rings. The van der Waals surface area contributed by atoms with Gasteiger partial charge in [-0.05, 0) is 0 Å². The average molecular weight is 423 g/mol. The Morgan fingerprint density at radius 1 is 0.893 bits per heavy atom. The van der Waals surface area contributed by atoms with E-state index < -0.39 is 22.5 Å². The Bertz CT molecular complexity index is 1000. The van der Waals surface area contributed by atoms with Gasteiger partial charge in [0.25, 0.3) is 0 Å². The normalized spacial score (nSPS) is 16.1. The molecule has 2 aliphatic rings. The second kappa shape index (κ2) is 6.97. The van der Waals surface area contributed by atoms with Crippen LogP contribution in [0.3, 0.4) is 0 Å². The van der Waals surface area contributed by atoms with Gasteiger partial charge in [-0.3, -0.25) is 0 Å². The Morgan fingerprint density at radius 3 is 2.21 bits per heavy atom. The third-order valence-corrected chi connectivity index (χ3v) is 27.7. The van der Waals surface area contributed by atoms with Crippen molar-refractivity contribution in [2.45, 2.75) is 57.2 Å². The van der Waals surface area contributed by atoms with Crippen molar-refractivity contribution in [3.05, 3.63) is 70.8 Å². The van der Waals surface area contributed by atoms with Crippen LogP contribution >= 0.6 is 0 Å². The quantitative estimate of drug-likeness (QED) is 0.404. The molecule has 2 aliphatic carbocycles. The van der Waals surface area contributed by atoms with Crippen molar-refractivity contribution in [3.63, 3.8) is 0 Å². The first-order chi connectivity index (χ1) is 13.1. The molecule has 28 heavy (non-hydrogen) atoms. The summed E-state index contributed by atoms with van der Waals surface area (Å²) in [7, 11) is 0. The molecular formula is C26H34SiTi. The van der Waals surface area contributed by atoms with Gasteiger partial charge >= 0.3 is 176 Å². The molecule has 0 saturated carbocycles. The standard InChI is InChI=1S/C22H21.C2H7Si.2CH3.Ti/c1-22(2,3)19-10-8-16(14-19)15-9-11-21-18(12-15)13-17-6-4-5-7-20(17)21;1-3-2;;;/h4-7,9-11,14H,8,13H2,1-3H3;3H,1-2H3;2*1H3;. The van der Waals surface area contributed by atoms with E-state index >= 15 is 0 Å². The van der Waals surface area contributed by atoms with Crippen LogP contribution in [-0.4, -0.2) is 6.66 Å². The molecule has 0 unspecified atom stereocenters. The van der Waals surface area contributed by atoms with E-state index in [1.807, 2.05) is 3.87 Å². The first kappa shape index (κ1) is 20.1. The van der Waals surface area contributed by atoms with Gasteiger partial charge in [-0.2, -0.15) is 0 Å². The van der Waals surface area contributed by atoms with E-state index in [0.717, 1.165) is 12.8 Å². The molecule has 0 aliphatic heterocycles. The molecule has 0 saturated heterocycles. The molecule has 0 radical (unpaired) electrons. The van der Waals surface area contributed by atoms with Crippen LogP contribution in [0.25, 0.3) is 16.7 Å². The van der Waals surface area contributed by atoms with Crippen LogP contribution in [0.5, 0.6) is 0 Å². The minimum atomic E-state index is -2.06.